The monoisotopic (exact) mass is 410 g/mol. The second-order valence-corrected chi connectivity index (χ2v) is 6.61. The van der Waals surface area contributed by atoms with E-state index in [1.54, 1.807) is 0 Å². The highest BCUT2D eigenvalue weighted by molar-refractivity contribution is 14.1. The molecule has 0 amide bonds. The average molecular weight is 411 g/mol. The molecule has 1 aromatic carbocycles. The van der Waals surface area contributed by atoms with Crippen LogP contribution in [0.5, 0.6) is 0 Å². The molecule has 3 N–H and O–H groups in total. The predicted octanol–water partition coefficient (Wildman–Crippen LogP) is 4.38. The molecular weight excluding hydrogens is 391 g/mol. The molecule has 0 aliphatic rings. The molecule has 0 saturated heterocycles. The van der Waals surface area contributed by atoms with Crippen LogP contribution in [0, 0.1) is 9.49 Å². The molecule has 2 nitrogen and oxygen atoms in total. The molecule has 96 valence electrons. The van der Waals surface area contributed by atoms with Crippen LogP contribution in [-0.4, -0.2) is 0 Å². The molecule has 2 atom stereocenters. The summed E-state index contributed by atoms with van der Waals surface area (Å²) in [5, 5.41) is 0. The van der Waals surface area contributed by atoms with E-state index in [1.807, 2.05) is 0 Å². The summed E-state index contributed by atoms with van der Waals surface area (Å²) in [5.41, 5.74) is 4.19. The van der Waals surface area contributed by atoms with Crippen LogP contribution in [0.2, 0.25) is 0 Å². The zero-order chi connectivity index (χ0) is 12.8. The first kappa shape index (κ1) is 15.4. The second-order valence-electron chi connectivity index (χ2n) is 4.51. The summed E-state index contributed by atoms with van der Waals surface area (Å²) >= 11 is 5.93. The van der Waals surface area contributed by atoms with Gasteiger partial charge in [0.05, 0.1) is 0 Å². The first-order chi connectivity index (χ1) is 8.08. The van der Waals surface area contributed by atoms with Crippen LogP contribution in [0.15, 0.2) is 22.7 Å². The third kappa shape index (κ3) is 4.85. The largest absolute Gasteiger partial charge is 0.271 e. The number of nitrogens with two attached hydrogens (primary N) is 1. The number of rotatable bonds is 6. The Kier molecular flexibility index (Phi) is 6.99. The molecule has 1 aromatic rings. The van der Waals surface area contributed by atoms with Gasteiger partial charge in [0.1, 0.15) is 0 Å². The highest BCUT2D eigenvalue weighted by Gasteiger charge is 2.16. The van der Waals surface area contributed by atoms with Gasteiger partial charge in [0, 0.05) is 14.1 Å². The Morgan fingerprint density at radius 2 is 2.18 bits per heavy atom. The minimum Gasteiger partial charge on any atom is -0.271 e. The number of hydrogen-bond acceptors (Lipinski definition) is 2. The van der Waals surface area contributed by atoms with Crippen molar-refractivity contribution in [2.45, 2.75) is 39.2 Å². The van der Waals surface area contributed by atoms with Crippen molar-refractivity contribution >= 4 is 38.5 Å². The summed E-state index contributed by atoms with van der Waals surface area (Å²) in [6, 6.07) is 6.59. The molecule has 1 rings (SSSR count). The fourth-order valence-corrected chi connectivity index (χ4v) is 3.12. The van der Waals surface area contributed by atoms with E-state index >= 15 is 0 Å². The van der Waals surface area contributed by atoms with Gasteiger partial charge in [0.2, 0.25) is 0 Å². The van der Waals surface area contributed by atoms with Gasteiger partial charge in [0.15, 0.2) is 0 Å². The third-order valence-corrected chi connectivity index (χ3v) is 4.35. The number of benzene rings is 1. The van der Waals surface area contributed by atoms with Gasteiger partial charge in [-0.15, -0.1) is 0 Å². The van der Waals surface area contributed by atoms with Crippen LogP contribution in [0.3, 0.4) is 0 Å². The van der Waals surface area contributed by atoms with Crippen LogP contribution in [0.4, 0.5) is 0 Å². The molecule has 0 aliphatic heterocycles. The zero-order valence-electron chi connectivity index (χ0n) is 10.3. The predicted molar refractivity (Wildman–Crippen MR) is 85.6 cm³/mol. The number of hydrogen-bond donors (Lipinski definition) is 2. The van der Waals surface area contributed by atoms with Gasteiger partial charge < -0.3 is 0 Å². The van der Waals surface area contributed by atoms with Crippen molar-refractivity contribution in [3.8, 4) is 0 Å². The smallest absolute Gasteiger partial charge is 0.0474 e. The average Bonchev–Trinajstić information content (AvgIpc) is 2.30. The first-order valence-electron chi connectivity index (χ1n) is 5.99. The Morgan fingerprint density at radius 3 is 2.76 bits per heavy atom. The fourth-order valence-electron chi connectivity index (χ4n) is 2.08. The van der Waals surface area contributed by atoms with Crippen molar-refractivity contribution in [3.05, 3.63) is 31.8 Å². The van der Waals surface area contributed by atoms with E-state index in [0.29, 0.717) is 5.92 Å². The van der Waals surface area contributed by atoms with Gasteiger partial charge in [-0.25, -0.2) is 0 Å². The molecule has 0 saturated carbocycles. The topological polar surface area (TPSA) is 38.0 Å². The molecule has 0 heterocycles. The van der Waals surface area contributed by atoms with Crippen LogP contribution >= 0.6 is 38.5 Å². The number of nitrogens with one attached hydrogen (secondary N) is 1. The normalized spacial score (nSPS) is 14.6. The summed E-state index contributed by atoms with van der Waals surface area (Å²) in [7, 11) is 0. The lowest BCUT2D eigenvalue weighted by Crippen LogP contribution is -2.29. The Balaban J connectivity index is 2.82. The Bertz CT molecular complexity index is 357. The Labute approximate surface area is 126 Å². The van der Waals surface area contributed by atoms with Gasteiger partial charge in [-0.05, 0) is 58.7 Å². The summed E-state index contributed by atoms with van der Waals surface area (Å²) in [4.78, 5) is 0. The Hall–Kier alpha value is 0.350. The standard InChI is InChI=1S/C13H20BrIN2/c1-3-4-9(2)7-13(17-16)11-8-10(15)5-6-12(11)14/h5-6,8-9,13,17H,3-4,7,16H2,1-2H3. The lowest BCUT2D eigenvalue weighted by atomic mass is 9.93. The van der Waals surface area contributed by atoms with Gasteiger partial charge in [-0.1, -0.05) is 42.6 Å². The third-order valence-electron chi connectivity index (χ3n) is 2.95. The van der Waals surface area contributed by atoms with Crippen molar-refractivity contribution in [1.82, 2.24) is 5.43 Å². The highest BCUT2D eigenvalue weighted by atomic mass is 127. The van der Waals surface area contributed by atoms with E-state index < -0.39 is 0 Å². The maximum Gasteiger partial charge on any atom is 0.0474 e. The SMILES string of the molecule is CCCC(C)CC(NN)c1cc(I)ccc1Br. The molecule has 0 aromatic heterocycles. The number of halogens is 2. The maximum atomic E-state index is 5.69. The van der Waals surface area contributed by atoms with Gasteiger partial charge in [-0.2, -0.15) is 0 Å². The summed E-state index contributed by atoms with van der Waals surface area (Å²) in [5.74, 6) is 6.38. The van der Waals surface area contributed by atoms with Gasteiger partial charge in [-0.3, -0.25) is 11.3 Å². The molecule has 0 spiro atoms. The van der Waals surface area contributed by atoms with Crippen molar-refractivity contribution in [2.75, 3.05) is 0 Å². The van der Waals surface area contributed by atoms with E-state index in [2.05, 4.69) is 76.0 Å². The van der Waals surface area contributed by atoms with Crippen molar-refractivity contribution in [3.63, 3.8) is 0 Å². The summed E-state index contributed by atoms with van der Waals surface area (Å²) in [6.07, 6.45) is 3.55. The van der Waals surface area contributed by atoms with E-state index in [-0.39, 0.29) is 6.04 Å². The van der Waals surface area contributed by atoms with E-state index in [9.17, 15) is 0 Å². The molecule has 4 heteroatoms. The van der Waals surface area contributed by atoms with Crippen LogP contribution < -0.4 is 11.3 Å². The van der Waals surface area contributed by atoms with Crippen molar-refractivity contribution in [2.24, 2.45) is 11.8 Å². The number of hydrazine groups is 1. The van der Waals surface area contributed by atoms with Crippen LogP contribution in [0.1, 0.15) is 44.7 Å². The van der Waals surface area contributed by atoms with Crippen LogP contribution in [0.25, 0.3) is 0 Å². The Morgan fingerprint density at radius 1 is 1.47 bits per heavy atom. The molecule has 0 radical (unpaired) electrons. The molecular formula is C13H20BrIN2. The zero-order valence-corrected chi connectivity index (χ0v) is 14.1. The van der Waals surface area contributed by atoms with E-state index in [1.165, 1.54) is 22.0 Å². The first-order valence-corrected chi connectivity index (χ1v) is 7.86. The van der Waals surface area contributed by atoms with Crippen LogP contribution in [-0.2, 0) is 0 Å². The molecule has 17 heavy (non-hydrogen) atoms. The molecule has 0 fully saturated rings. The lowest BCUT2D eigenvalue weighted by Gasteiger charge is -2.21. The van der Waals surface area contributed by atoms with E-state index in [4.69, 9.17) is 5.84 Å². The van der Waals surface area contributed by atoms with Crippen molar-refractivity contribution in [1.29, 1.82) is 0 Å². The summed E-state index contributed by atoms with van der Waals surface area (Å²) in [6.45, 7) is 4.51. The molecule has 0 bridgehead atoms. The maximum absolute atomic E-state index is 5.69. The minimum absolute atomic E-state index is 0.223. The fraction of sp³-hybridized carbons (Fsp3) is 0.538. The minimum atomic E-state index is 0.223. The van der Waals surface area contributed by atoms with Gasteiger partial charge >= 0.3 is 0 Å². The second kappa shape index (κ2) is 7.71. The van der Waals surface area contributed by atoms with Gasteiger partial charge in [0.25, 0.3) is 0 Å². The highest BCUT2D eigenvalue weighted by Crippen LogP contribution is 2.30. The van der Waals surface area contributed by atoms with E-state index in [0.717, 1.165) is 10.9 Å². The van der Waals surface area contributed by atoms with Crippen molar-refractivity contribution < 1.29 is 0 Å². The molecule has 2 unspecified atom stereocenters. The lowest BCUT2D eigenvalue weighted by molar-refractivity contribution is 0.394. The summed E-state index contributed by atoms with van der Waals surface area (Å²) < 4.78 is 2.37. The quantitative estimate of drug-likeness (QED) is 0.414. The molecule has 0 aliphatic carbocycles.